The smallest absolute Gasteiger partial charge is 0.322 e. The predicted molar refractivity (Wildman–Crippen MR) is 84.6 cm³/mol. The number of rotatable bonds is 4. The Morgan fingerprint density at radius 2 is 2.35 bits per heavy atom. The summed E-state index contributed by atoms with van der Waals surface area (Å²) in [6.07, 6.45) is 1.34. The van der Waals surface area contributed by atoms with Crippen LogP contribution in [0.25, 0.3) is 0 Å². The van der Waals surface area contributed by atoms with Crippen molar-refractivity contribution in [3.8, 4) is 0 Å². The van der Waals surface area contributed by atoms with Gasteiger partial charge in [-0.2, -0.15) is 0 Å². The Morgan fingerprint density at radius 1 is 1.52 bits per heavy atom. The van der Waals surface area contributed by atoms with E-state index in [1.165, 1.54) is 11.3 Å². The van der Waals surface area contributed by atoms with Crippen molar-refractivity contribution in [2.45, 2.75) is 13.5 Å². The van der Waals surface area contributed by atoms with Crippen molar-refractivity contribution in [1.29, 1.82) is 0 Å². The molecule has 0 bridgehead atoms. The Bertz CT molecular complexity index is 759. The van der Waals surface area contributed by atoms with Crippen LogP contribution in [0.2, 0.25) is 5.02 Å². The summed E-state index contributed by atoms with van der Waals surface area (Å²) in [5.74, 6) is 0.324. The van der Waals surface area contributed by atoms with Crippen molar-refractivity contribution < 1.29 is 14.0 Å². The minimum absolute atomic E-state index is 0.221. The molecular weight excluding hydrogens is 320 g/mol. The number of oxazole rings is 1. The van der Waals surface area contributed by atoms with Gasteiger partial charge in [0.2, 0.25) is 0 Å². The number of aromatic nitrogens is 1. The summed E-state index contributed by atoms with van der Waals surface area (Å²) in [4.78, 5) is 29.5. The number of hydrogen-bond donors (Lipinski definition) is 2. The van der Waals surface area contributed by atoms with Crippen LogP contribution in [0.15, 0.2) is 29.0 Å². The minimum Gasteiger partial charge on any atom is -0.446 e. The molecule has 2 heterocycles. The van der Waals surface area contributed by atoms with E-state index < -0.39 is 0 Å². The van der Waals surface area contributed by atoms with Gasteiger partial charge in [0.25, 0.3) is 5.91 Å². The number of halogens is 1. The molecule has 3 rings (SSSR count). The van der Waals surface area contributed by atoms with Crippen LogP contribution >= 0.6 is 11.6 Å². The van der Waals surface area contributed by atoms with E-state index in [2.05, 4.69) is 15.6 Å². The fraction of sp³-hybridized carbons (Fsp3) is 0.267. The second-order valence-electron chi connectivity index (χ2n) is 5.09. The largest absolute Gasteiger partial charge is 0.446 e. The quantitative estimate of drug-likeness (QED) is 0.896. The van der Waals surface area contributed by atoms with Crippen molar-refractivity contribution in [3.05, 3.63) is 46.6 Å². The Labute approximate surface area is 137 Å². The Balaban J connectivity index is 1.76. The fourth-order valence-electron chi connectivity index (χ4n) is 2.32. The number of benzene rings is 1. The molecule has 1 saturated heterocycles. The molecule has 1 fully saturated rings. The lowest BCUT2D eigenvalue weighted by Gasteiger charge is -2.17. The van der Waals surface area contributed by atoms with E-state index >= 15 is 0 Å². The first-order chi connectivity index (χ1) is 11.1. The van der Waals surface area contributed by atoms with Crippen LogP contribution in [0, 0.1) is 6.92 Å². The normalized spacial score (nSPS) is 14.0. The second-order valence-corrected chi connectivity index (χ2v) is 5.50. The van der Waals surface area contributed by atoms with Crippen LogP contribution in [0.5, 0.6) is 0 Å². The summed E-state index contributed by atoms with van der Waals surface area (Å²) in [6.45, 7) is 3.11. The van der Waals surface area contributed by atoms with Crippen molar-refractivity contribution >= 4 is 29.2 Å². The van der Waals surface area contributed by atoms with E-state index in [-0.39, 0.29) is 18.5 Å². The van der Waals surface area contributed by atoms with Crippen LogP contribution in [0.3, 0.4) is 0 Å². The molecule has 0 saturated carbocycles. The van der Waals surface area contributed by atoms with Gasteiger partial charge in [0, 0.05) is 18.7 Å². The number of aryl methyl sites for hydroxylation is 1. The molecule has 23 heavy (non-hydrogen) atoms. The van der Waals surface area contributed by atoms with E-state index in [1.807, 2.05) is 0 Å². The van der Waals surface area contributed by atoms with Crippen LogP contribution in [0.4, 0.5) is 10.5 Å². The number of carbonyl (C=O) groups is 2. The maximum Gasteiger partial charge on any atom is 0.322 e. The molecule has 1 aromatic heterocycles. The molecular formula is C15H15ClN4O3. The predicted octanol–water partition coefficient (Wildman–Crippen LogP) is 2.10. The number of amides is 3. The average molecular weight is 335 g/mol. The summed E-state index contributed by atoms with van der Waals surface area (Å²) in [5.41, 5.74) is 1.67. The number of nitrogens with zero attached hydrogens (tertiary/aromatic N) is 2. The third-order valence-corrected chi connectivity index (χ3v) is 3.93. The topological polar surface area (TPSA) is 87.5 Å². The molecule has 8 heteroatoms. The molecule has 1 aliphatic heterocycles. The number of urea groups is 1. The molecule has 0 spiro atoms. The standard InChI is InChI=1S/C15H15ClN4O3/c1-9-13(23-8-19-9)7-18-14(21)10-2-3-11(16)12(6-10)20-5-4-17-15(20)22/h2-3,6,8H,4-5,7H2,1H3,(H,17,22)(H,18,21). The highest BCUT2D eigenvalue weighted by molar-refractivity contribution is 6.34. The lowest BCUT2D eigenvalue weighted by atomic mass is 10.1. The van der Waals surface area contributed by atoms with Gasteiger partial charge in [-0.05, 0) is 25.1 Å². The molecule has 0 unspecified atom stereocenters. The SMILES string of the molecule is Cc1ncoc1CNC(=O)c1ccc(Cl)c(N2CCNC2=O)c1. The highest BCUT2D eigenvalue weighted by Crippen LogP contribution is 2.28. The highest BCUT2D eigenvalue weighted by atomic mass is 35.5. The number of anilines is 1. The summed E-state index contributed by atoms with van der Waals surface area (Å²) in [6, 6.07) is 4.61. The lowest BCUT2D eigenvalue weighted by molar-refractivity contribution is 0.0948. The lowest BCUT2D eigenvalue weighted by Crippen LogP contribution is -2.28. The maximum atomic E-state index is 12.3. The fourth-order valence-corrected chi connectivity index (χ4v) is 2.54. The molecule has 2 N–H and O–H groups in total. The average Bonchev–Trinajstić information content (AvgIpc) is 3.14. The molecule has 0 atom stereocenters. The van der Waals surface area contributed by atoms with Gasteiger partial charge in [0.1, 0.15) is 5.76 Å². The molecule has 2 aromatic rings. The minimum atomic E-state index is -0.279. The zero-order valence-corrected chi connectivity index (χ0v) is 13.2. The van der Waals surface area contributed by atoms with Crippen molar-refractivity contribution in [1.82, 2.24) is 15.6 Å². The van der Waals surface area contributed by atoms with E-state index in [0.717, 1.165) is 5.69 Å². The second kappa shape index (κ2) is 6.29. The van der Waals surface area contributed by atoms with Gasteiger partial charge in [-0.15, -0.1) is 0 Å². The van der Waals surface area contributed by atoms with E-state index in [0.29, 0.717) is 35.1 Å². The third-order valence-electron chi connectivity index (χ3n) is 3.61. The Morgan fingerprint density at radius 3 is 3.00 bits per heavy atom. The van der Waals surface area contributed by atoms with Crippen LogP contribution in [-0.2, 0) is 6.54 Å². The van der Waals surface area contributed by atoms with Gasteiger partial charge in [-0.3, -0.25) is 9.69 Å². The molecule has 120 valence electrons. The van der Waals surface area contributed by atoms with Gasteiger partial charge in [-0.1, -0.05) is 11.6 Å². The molecule has 0 aliphatic carbocycles. The van der Waals surface area contributed by atoms with Crippen LogP contribution in [-0.4, -0.2) is 30.0 Å². The van der Waals surface area contributed by atoms with Gasteiger partial charge in [-0.25, -0.2) is 9.78 Å². The third kappa shape index (κ3) is 3.14. The zero-order chi connectivity index (χ0) is 16.4. The number of hydrogen-bond acceptors (Lipinski definition) is 4. The molecule has 1 aromatic carbocycles. The van der Waals surface area contributed by atoms with Crippen LogP contribution in [0.1, 0.15) is 21.8 Å². The van der Waals surface area contributed by atoms with Gasteiger partial charge in [0.05, 0.1) is 22.9 Å². The van der Waals surface area contributed by atoms with Crippen molar-refractivity contribution in [3.63, 3.8) is 0 Å². The van der Waals surface area contributed by atoms with Gasteiger partial charge < -0.3 is 15.1 Å². The highest BCUT2D eigenvalue weighted by Gasteiger charge is 2.24. The first-order valence-corrected chi connectivity index (χ1v) is 7.46. The number of nitrogens with one attached hydrogen (secondary N) is 2. The Hall–Kier alpha value is -2.54. The summed E-state index contributed by atoms with van der Waals surface area (Å²) in [7, 11) is 0. The maximum absolute atomic E-state index is 12.3. The van der Waals surface area contributed by atoms with Crippen LogP contribution < -0.4 is 15.5 Å². The summed E-state index contributed by atoms with van der Waals surface area (Å²) >= 11 is 6.15. The summed E-state index contributed by atoms with van der Waals surface area (Å²) < 4.78 is 5.18. The van der Waals surface area contributed by atoms with Gasteiger partial charge in [0.15, 0.2) is 6.39 Å². The molecule has 7 nitrogen and oxygen atoms in total. The molecule has 1 aliphatic rings. The van der Waals surface area contributed by atoms with E-state index in [4.69, 9.17) is 16.0 Å². The first-order valence-electron chi connectivity index (χ1n) is 7.08. The molecule has 3 amide bonds. The van der Waals surface area contributed by atoms with Gasteiger partial charge >= 0.3 is 6.03 Å². The zero-order valence-electron chi connectivity index (χ0n) is 12.4. The Kier molecular flexibility index (Phi) is 4.20. The monoisotopic (exact) mass is 334 g/mol. The first kappa shape index (κ1) is 15.4. The van der Waals surface area contributed by atoms with Crippen molar-refractivity contribution in [2.24, 2.45) is 0 Å². The summed E-state index contributed by atoms with van der Waals surface area (Å²) in [5, 5.41) is 5.88. The van der Waals surface area contributed by atoms with Crippen molar-refractivity contribution in [2.75, 3.05) is 18.0 Å². The molecule has 0 radical (unpaired) electrons. The van der Waals surface area contributed by atoms with E-state index in [1.54, 1.807) is 25.1 Å². The number of carbonyl (C=O) groups excluding carboxylic acids is 2. The van der Waals surface area contributed by atoms with E-state index in [9.17, 15) is 9.59 Å².